The Hall–Kier alpha value is -3.28. The highest BCUT2D eigenvalue weighted by Gasteiger charge is 2.39. The van der Waals surface area contributed by atoms with Crippen LogP contribution in [0.3, 0.4) is 0 Å². The lowest BCUT2D eigenvalue weighted by molar-refractivity contribution is 0.251. The minimum absolute atomic E-state index is 0.152. The number of piperidine rings is 1. The molecule has 2 atom stereocenters. The van der Waals surface area contributed by atoms with Crippen LogP contribution in [0.4, 0.5) is 17.3 Å². The molecule has 9 nitrogen and oxygen atoms in total. The van der Waals surface area contributed by atoms with E-state index >= 15 is 0 Å². The van der Waals surface area contributed by atoms with E-state index < -0.39 is 21.0 Å². The maximum atomic E-state index is 13.6. The summed E-state index contributed by atoms with van der Waals surface area (Å²) in [5.41, 5.74) is 3.36. The molecule has 11 heteroatoms. The minimum atomic E-state index is -3.90. The number of anilines is 3. The summed E-state index contributed by atoms with van der Waals surface area (Å²) in [5.74, 6) is 0.799. The number of benzene rings is 2. The average Bonchev–Trinajstić information content (AvgIpc) is 2.93. The predicted octanol–water partition coefficient (Wildman–Crippen LogP) is 4.63. The summed E-state index contributed by atoms with van der Waals surface area (Å²) in [4.78, 5) is 24.9. The molecule has 1 fully saturated rings. The zero-order valence-electron chi connectivity index (χ0n) is 21.7. The minimum Gasteiger partial charge on any atom is -0.324 e. The van der Waals surface area contributed by atoms with Gasteiger partial charge < -0.3 is 10.2 Å². The molecule has 39 heavy (non-hydrogen) atoms. The first-order valence-corrected chi connectivity index (χ1v) is 15.2. The highest BCUT2D eigenvalue weighted by molar-refractivity contribution is 9.10. The maximum absolute atomic E-state index is 13.6. The molecule has 0 amide bonds. The monoisotopic (exact) mass is 608 g/mol. The first-order chi connectivity index (χ1) is 18.7. The molecule has 2 aliphatic rings. The highest BCUT2D eigenvalue weighted by Crippen LogP contribution is 2.37. The molecule has 1 saturated heterocycles. The van der Waals surface area contributed by atoms with Crippen LogP contribution in [-0.4, -0.2) is 55.0 Å². The van der Waals surface area contributed by atoms with E-state index in [1.54, 1.807) is 24.4 Å². The number of rotatable bonds is 4. The van der Waals surface area contributed by atoms with E-state index in [0.717, 1.165) is 24.3 Å². The first kappa shape index (κ1) is 26.0. The molecule has 2 unspecified atom stereocenters. The Kier molecular flexibility index (Phi) is 6.68. The van der Waals surface area contributed by atoms with E-state index in [4.69, 9.17) is 0 Å². The van der Waals surface area contributed by atoms with E-state index in [0.29, 0.717) is 17.0 Å². The van der Waals surface area contributed by atoms with E-state index in [-0.39, 0.29) is 22.5 Å². The van der Waals surface area contributed by atoms with Crippen LogP contribution < -0.4 is 15.2 Å². The second-order valence-corrected chi connectivity index (χ2v) is 13.3. The lowest BCUT2D eigenvalue weighted by Gasteiger charge is -2.34. The number of likely N-dealkylation sites (tertiary alicyclic amines) is 1. The fourth-order valence-corrected chi connectivity index (χ4v) is 7.76. The number of para-hydroxylation sites is 1. The molecule has 1 N–H and O–H groups in total. The van der Waals surface area contributed by atoms with Crippen molar-refractivity contribution in [1.82, 2.24) is 19.4 Å². The van der Waals surface area contributed by atoms with Gasteiger partial charge in [-0.15, -0.1) is 0 Å². The van der Waals surface area contributed by atoms with Crippen molar-refractivity contribution in [3.8, 4) is 0 Å². The third kappa shape index (κ3) is 4.72. The third-order valence-corrected chi connectivity index (χ3v) is 10.3. The molecule has 4 aromatic rings. The summed E-state index contributed by atoms with van der Waals surface area (Å²) in [5, 5.41) is 2.63. The zero-order chi connectivity index (χ0) is 27.3. The lowest BCUT2D eigenvalue weighted by atomic mass is 9.91. The first-order valence-electron chi connectivity index (χ1n) is 12.9. The molecule has 0 aliphatic carbocycles. The molecule has 202 valence electrons. The van der Waals surface area contributed by atoms with E-state index in [9.17, 15) is 13.2 Å². The van der Waals surface area contributed by atoms with Gasteiger partial charge in [0, 0.05) is 37.3 Å². The fourth-order valence-electron chi connectivity index (χ4n) is 5.65. The molecule has 2 aromatic heterocycles. The third-order valence-electron chi connectivity index (χ3n) is 7.73. The fraction of sp³-hybridized carbons (Fsp3) is 0.321. The van der Waals surface area contributed by atoms with Gasteiger partial charge in [0.1, 0.15) is 5.65 Å². The molecule has 0 radical (unpaired) electrons. The Morgan fingerprint density at radius 3 is 2.62 bits per heavy atom. The van der Waals surface area contributed by atoms with E-state index in [2.05, 4.69) is 55.3 Å². The van der Waals surface area contributed by atoms with Crippen LogP contribution >= 0.6 is 15.9 Å². The molecular formula is C28H29BrN6O3S. The smallest absolute Gasteiger partial charge is 0.267 e. The van der Waals surface area contributed by atoms with Crippen LogP contribution in [0.15, 0.2) is 70.1 Å². The topological polar surface area (TPSA) is 100 Å². The molecule has 0 saturated carbocycles. The van der Waals surface area contributed by atoms with Crippen molar-refractivity contribution < 1.29 is 8.42 Å². The molecule has 0 bridgehead atoms. The van der Waals surface area contributed by atoms with Gasteiger partial charge >= 0.3 is 0 Å². The molecule has 6 rings (SSSR count). The van der Waals surface area contributed by atoms with E-state index in [1.165, 1.54) is 34.3 Å². The predicted molar refractivity (Wildman–Crippen MR) is 157 cm³/mol. The summed E-state index contributed by atoms with van der Waals surface area (Å²) >= 11 is 3.32. The van der Waals surface area contributed by atoms with Crippen molar-refractivity contribution in [3.63, 3.8) is 0 Å². The normalized spacial score (nSPS) is 21.1. The van der Waals surface area contributed by atoms with Crippen molar-refractivity contribution in [1.29, 1.82) is 0 Å². The zero-order valence-corrected chi connectivity index (χ0v) is 24.1. The molecule has 2 aromatic carbocycles. The Balaban J connectivity index is 1.37. The standard InChI is InChI=1S/C28H29BrN6O3S/c1-33-13-5-7-20(17-33)18-9-11-22(12-10-18)31-28-30-16-21-14-23(29)27(36)35(26(21)32-28)25-15-19-6-3-4-8-24(19)34(2)39(25,37)38/h3-4,6,8-12,14,16,20,25H,5,7,13,15,17H2,1-2H3,(H,30,31,32). The van der Waals surface area contributed by atoms with Crippen LogP contribution in [0.5, 0.6) is 0 Å². The summed E-state index contributed by atoms with van der Waals surface area (Å²) in [7, 11) is -0.224. The van der Waals surface area contributed by atoms with Gasteiger partial charge in [-0.1, -0.05) is 30.3 Å². The van der Waals surface area contributed by atoms with Gasteiger partial charge in [-0.05, 0) is 83.7 Å². The van der Waals surface area contributed by atoms with Crippen LogP contribution in [0, 0.1) is 0 Å². The Labute approximate surface area is 235 Å². The van der Waals surface area contributed by atoms with Crippen molar-refractivity contribution >= 4 is 54.3 Å². The number of nitrogens with zero attached hydrogens (tertiary/aromatic N) is 5. The Morgan fingerprint density at radius 1 is 1.08 bits per heavy atom. The number of halogens is 1. The van der Waals surface area contributed by atoms with Gasteiger partial charge in [-0.25, -0.2) is 13.4 Å². The van der Waals surface area contributed by atoms with Gasteiger partial charge in [-0.3, -0.25) is 13.7 Å². The molecular weight excluding hydrogens is 580 g/mol. The number of hydrogen-bond donors (Lipinski definition) is 1. The molecule has 0 spiro atoms. The molecule has 2 aliphatic heterocycles. The van der Waals surface area contributed by atoms with Crippen molar-refractivity contribution in [2.24, 2.45) is 0 Å². The van der Waals surface area contributed by atoms with Gasteiger partial charge in [0.15, 0.2) is 5.37 Å². The molecule has 4 heterocycles. The maximum Gasteiger partial charge on any atom is 0.267 e. The number of nitrogens with one attached hydrogen (secondary N) is 1. The second kappa shape index (κ2) is 10.0. The number of aromatic nitrogens is 3. The van der Waals surface area contributed by atoms with Crippen LogP contribution in [0.1, 0.15) is 35.3 Å². The number of likely N-dealkylation sites (N-methyl/N-ethyl adjacent to an activating group) is 1. The van der Waals surface area contributed by atoms with Crippen LogP contribution in [0.2, 0.25) is 0 Å². The van der Waals surface area contributed by atoms with Crippen LogP contribution in [0.25, 0.3) is 11.0 Å². The summed E-state index contributed by atoms with van der Waals surface area (Å²) < 4.78 is 30.0. The number of fused-ring (bicyclic) bond motifs is 2. The lowest BCUT2D eigenvalue weighted by Crippen LogP contribution is -2.43. The Morgan fingerprint density at radius 2 is 1.85 bits per heavy atom. The van der Waals surface area contributed by atoms with Crippen molar-refractivity contribution in [3.05, 3.63) is 86.7 Å². The van der Waals surface area contributed by atoms with Gasteiger partial charge in [0.05, 0.1) is 10.2 Å². The number of sulfonamides is 1. The van der Waals surface area contributed by atoms with E-state index in [1.807, 2.05) is 24.3 Å². The number of hydrogen-bond acceptors (Lipinski definition) is 7. The summed E-state index contributed by atoms with van der Waals surface area (Å²) in [6.45, 7) is 2.19. The average molecular weight is 610 g/mol. The summed E-state index contributed by atoms with van der Waals surface area (Å²) in [6, 6.07) is 17.2. The Bertz CT molecular complexity index is 1720. The van der Waals surface area contributed by atoms with Crippen LogP contribution in [-0.2, 0) is 16.4 Å². The van der Waals surface area contributed by atoms with Gasteiger partial charge in [0.25, 0.3) is 15.6 Å². The van der Waals surface area contributed by atoms with Gasteiger partial charge in [0.2, 0.25) is 5.95 Å². The van der Waals surface area contributed by atoms with Crippen molar-refractivity contribution in [2.45, 2.75) is 30.6 Å². The number of pyridine rings is 1. The van der Waals surface area contributed by atoms with Crippen molar-refractivity contribution in [2.75, 3.05) is 36.8 Å². The highest BCUT2D eigenvalue weighted by atomic mass is 79.9. The van der Waals surface area contributed by atoms with Gasteiger partial charge in [-0.2, -0.15) is 4.98 Å². The largest absolute Gasteiger partial charge is 0.324 e. The quantitative estimate of drug-likeness (QED) is 0.360. The second-order valence-electron chi connectivity index (χ2n) is 10.3. The SMILES string of the molecule is CN1CCCC(c2ccc(Nc3ncc4cc(Br)c(=O)n(C5Cc6ccccc6N(C)S5(=O)=O)c4n3)cc2)C1. The summed E-state index contributed by atoms with van der Waals surface area (Å²) in [6.07, 6.45) is 4.13.